The number of benzene rings is 3. The van der Waals surface area contributed by atoms with Crippen molar-refractivity contribution in [3.05, 3.63) is 95.6 Å². The first-order valence-electron chi connectivity index (χ1n) is 12.1. The second-order valence-corrected chi connectivity index (χ2v) is 7.93. The maximum absolute atomic E-state index is 12.1. The molecule has 3 aromatic rings. The van der Waals surface area contributed by atoms with Crippen molar-refractivity contribution in [2.75, 3.05) is 34.0 Å². The zero-order chi connectivity index (χ0) is 25.8. The third-order valence-electron chi connectivity index (χ3n) is 5.60. The van der Waals surface area contributed by atoms with Gasteiger partial charge in [0.1, 0.15) is 23.9 Å². The fourth-order valence-corrected chi connectivity index (χ4v) is 3.75. The molecule has 36 heavy (non-hydrogen) atoms. The van der Waals surface area contributed by atoms with E-state index in [1.165, 1.54) is 0 Å². The third-order valence-corrected chi connectivity index (χ3v) is 5.60. The molecule has 0 heterocycles. The summed E-state index contributed by atoms with van der Waals surface area (Å²) in [6, 6.07) is 23.6. The molecule has 0 fully saturated rings. The molecule has 0 aliphatic rings. The van der Waals surface area contributed by atoms with Crippen LogP contribution >= 0.6 is 0 Å². The van der Waals surface area contributed by atoms with Crippen LogP contribution in [0, 0.1) is 0 Å². The van der Waals surface area contributed by atoms with Crippen LogP contribution in [0.3, 0.4) is 0 Å². The Bertz CT molecular complexity index is 1050. The lowest BCUT2D eigenvalue weighted by molar-refractivity contribution is -0.156. The Morgan fingerprint density at radius 2 is 1.28 bits per heavy atom. The van der Waals surface area contributed by atoms with E-state index in [0.29, 0.717) is 26.2 Å². The van der Waals surface area contributed by atoms with E-state index < -0.39 is 6.10 Å². The van der Waals surface area contributed by atoms with E-state index in [0.717, 1.165) is 39.5 Å². The van der Waals surface area contributed by atoms with Crippen molar-refractivity contribution in [3.63, 3.8) is 0 Å². The van der Waals surface area contributed by atoms with Crippen LogP contribution < -0.4 is 14.2 Å². The van der Waals surface area contributed by atoms with Gasteiger partial charge in [-0.2, -0.15) is 0 Å². The summed E-state index contributed by atoms with van der Waals surface area (Å²) in [6.45, 7) is 4.82. The standard InChI is InChI=1S/C30H34O6/c1-5-34-29(30(31)35-6-2)21-22-7-13-27(14-8-22)36-20-19-28(23-9-15-25(32-3)16-10-23)24-11-17-26(33-4)18-12-24/h7-19,29H,5-6,20-21H2,1-4H3/t29-/m0/s1. The van der Waals surface area contributed by atoms with Gasteiger partial charge < -0.3 is 23.7 Å². The zero-order valence-electron chi connectivity index (χ0n) is 21.4. The molecule has 0 aliphatic heterocycles. The van der Waals surface area contributed by atoms with Crippen molar-refractivity contribution in [2.45, 2.75) is 26.4 Å². The Kier molecular flexibility index (Phi) is 10.4. The number of carbonyl (C=O) groups excluding carboxylic acids is 1. The average Bonchev–Trinajstić information content (AvgIpc) is 2.92. The second kappa shape index (κ2) is 14.0. The van der Waals surface area contributed by atoms with Gasteiger partial charge in [0.25, 0.3) is 0 Å². The average molecular weight is 491 g/mol. The van der Waals surface area contributed by atoms with Crippen molar-refractivity contribution in [1.29, 1.82) is 0 Å². The molecule has 0 saturated carbocycles. The van der Waals surface area contributed by atoms with Crippen LogP contribution in [0.25, 0.3) is 5.57 Å². The van der Waals surface area contributed by atoms with Gasteiger partial charge in [-0.1, -0.05) is 36.4 Å². The third kappa shape index (κ3) is 7.62. The van der Waals surface area contributed by atoms with E-state index in [-0.39, 0.29) is 5.97 Å². The van der Waals surface area contributed by atoms with Crippen LogP contribution in [0.5, 0.6) is 17.2 Å². The highest BCUT2D eigenvalue weighted by Gasteiger charge is 2.20. The Morgan fingerprint density at radius 3 is 1.75 bits per heavy atom. The normalized spacial score (nSPS) is 11.3. The van der Waals surface area contributed by atoms with Gasteiger partial charge >= 0.3 is 5.97 Å². The van der Waals surface area contributed by atoms with Crippen molar-refractivity contribution in [1.82, 2.24) is 0 Å². The summed E-state index contributed by atoms with van der Waals surface area (Å²) >= 11 is 0. The quantitative estimate of drug-likeness (QED) is 0.285. The van der Waals surface area contributed by atoms with E-state index in [1.807, 2.05) is 79.7 Å². The first-order chi connectivity index (χ1) is 17.6. The first kappa shape index (κ1) is 26.8. The van der Waals surface area contributed by atoms with Crippen LogP contribution in [0.4, 0.5) is 0 Å². The van der Waals surface area contributed by atoms with Crippen molar-refractivity contribution < 1.29 is 28.5 Å². The fraction of sp³-hybridized carbons (Fsp3) is 0.300. The monoisotopic (exact) mass is 490 g/mol. The lowest BCUT2D eigenvalue weighted by Gasteiger charge is -2.16. The molecule has 0 unspecified atom stereocenters. The van der Waals surface area contributed by atoms with Crippen molar-refractivity contribution in [2.24, 2.45) is 0 Å². The SMILES string of the molecule is CCOC(=O)[C@H](Cc1ccc(OCC=C(c2ccc(OC)cc2)c2ccc(OC)cc2)cc1)OCC. The number of ether oxygens (including phenoxy) is 5. The summed E-state index contributed by atoms with van der Waals surface area (Å²) in [4.78, 5) is 12.1. The Balaban J connectivity index is 1.71. The minimum absolute atomic E-state index is 0.331. The minimum Gasteiger partial charge on any atom is -0.497 e. The molecule has 0 radical (unpaired) electrons. The number of hydrogen-bond acceptors (Lipinski definition) is 6. The van der Waals surface area contributed by atoms with Gasteiger partial charge in [0.05, 0.1) is 20.8 Å². The van der Waals surface area contributed by atoms with Crippen LogP contribution in [0.15, 0.2) is 78.9 Å². The molecule has 0 spiro atoms. The molecule has 0 amide bonds. The molecular formula is C30H34O6. The number of hydrogen-bond donors (Lipinski definition) is 0. The van der Waals surface area contributed by atoms with Gasteiger partial charge in [-0.25, -0.2) is 4.79 Å². The predicted molar refractivity (Wildman–Crippen MR) is 141 cm³/mol. The summed E-state index contributed by atoms with van der Waals surface area (Å²) in [7, 11) is 3.31. The van der Waals surface area contributed by atoms with Gasteiger partial charge in [-0.15, -0.1) is 0 Å². The number of carbonyl (C=O) groups is 1. The molecular weight excluding hydrogens is 456 g/mol. The van der Waals surface area contributed by atoms with E-state index in [4.69, 9.17) is 23.7 Å². The summed E-state index contributed by atoms with van der Waals surface area (Å²) < 4.78 is 27.3. The Hall–Kier alpha value is -3.77. The highest BCUT2D eigenvalue weighted by atomic mass is 16.6. The summed E-state index contributed by atoms with van der Waals surface area (Å²) in [6.07, 6.45) is 1.90. The molecule has 6 heteroatoms. The lowest BCUT2D eigenvalue weighted by Crippen LogP contribution is -2.28. The molecule has 190 valence electrons. The molecule has 3 aromatic carbocycles. The van der Waals surface area contributed by atoms with Crippen LogP contribution in [-0.4, -0.2) is 46.1 Å². The fourth-order valence-electron chi connectivity index (χ4n) is 3.75. The van der Waals surface area contributed by atoms with E-state index >= 15 is 0 Å². The zero-order valence-corrected chi connectivity index (χ0v) is 21.4. The van der Waals surface area contributed by atoms with E-state index in [1.54, 1.807) is 21.1 Å². The Morgan fingerprint density at radius 1 is 0.750 bits per heavy atom. The van der Waals surface area contributed by atoms with Crippen LogP contribution in [0.1, 0.15) is 30.5 Å². The van der Waals surface area contributed by atoms with Gasteiger partial charge in [-0.05, 0) is 78.6 Å². The lowest BCUT2D eigenvalue weighted by atomic mass is 9.97. The number of esters is 1. The van der Waals surface area contributed by atoms with Gasteiger partial charge in [-0.3, -0.25) is 0 Å². The Labute approximate surface area is 213 Å². The molecule has 1 atom stereocenters. The highest BCUT2D eigenvalue weighted by Crippen LogP contribution is 2.27. The van der Waals surface area contributed by atoms with Crippen LogP contribution in [0.2, 0.25) is 0 Å². The topological polar surface area (TPSA) is 63.2 Å². The molecule has 0 bridgehead atoms. The largest absolute Gasteiger partial charge is 0.497 e. The predicted octanol–water partition coefficient (Wildman–Crippen LogP) is 5.73. The molecule has 0 N–H and O–H groups in total. The smallest absolute Gasteiger partial charge is 0.335 e. The maximum Gasteiger partial charge on any atom is 0.335 e. The molecule has 0 aromatic heterocycles. The summed E-state index contributed by atoms with van der Waals surface area (Å²) in [5.41, 5.74) is 4.13. The van der Waals surface area contributed by atoms with E-state index in [9.17, 15) is 4.79 Å². The van der Waals surface area contributed by atoms with E-state index in [2.05, 4.69) is 6.08 Å². The number of rotatable bonds is 13. The summed E-state index contributed by atoms with van der Waals surface area (Å²) in [5.74, 6) is 2.01. The first-order valence-corrected chi connectivity index (χ1v) is 12.1. The summed E-state index contributed by atoms with van der Waals surface area (Å²) in [5, 5.41) is 0. The molecule has 6 nitrogen and oxygen atoms in total. The maximum atomic E-state index is 12.1. The molecule has 3 rings (SSSR count). The second-order valence-electron chi connectivity index (χ2n) is 7.93. The van der Waals surface area contributed by atoms with Gasteiger partial charge in [0, 0.05) is 13.0 Å². The highest BCUT2D eigenvalue weighted by molar-refractivity contribution is 5.80. The molecule has 0 aliphatic carbocycles. The van der Waals surface area contributed by atoms with Gasteiger partial charge in [0.15, 0.2) is 6.10 Å². The van der Waals surface area contributed by atoms with Crippen molar-refractivity contribution >= 4 is 11.5 Å². The van der Waals surface area contributed by atoms with Crippen LogP contribution in [-0.2, 0) is 20.7 Å². The molecule has 0 saturated heterocycles. The number of methoxy groups -OCH3 is 2. The minimum atomic E-state index is -0.610. The van der Waals surface area contributed by atoms with Crippen molar-refractivity contribution in [3.8, 4) is 17.2 Å². The van der Waals surface area contributed by atoms with Gasteiger partial charge in [0.2, 0.25) is 0 Å².